The van der Waals surface area contributed by atoms with Crippen molar-refractivity contribution in [1.29, 1.82) is 0 Å². The summed E-state index contributed by atoms with van der Waals surface area (Å²) in [6.45, 7) is 1.95. The number of carbonyl (C=O) groups is 1. The Hall–Kier alpha value is -3.53. The van der Waals surface area contributed by atoms with Gasteiger partial charge in [0.05, 0.1) is 26.2 Å². The van der Waals surface area contributed by atoms with Crippen LogP contribution in [0.4, 0.5) is 11.4 Å². The molecule has 0 unspecified atom stereocenters. The Morgan fingerprint density at radius 1 is 1.03 bits per heavy atom. The van der Waals surface area contributed by atoms with Gasteiger partial charge in [-0.1, -0.05) is 6.07 Å². The molecule has 3 aromatic rings. The lowest BCUT2D eigenvalue weighted by atomic mass is 10.2. The predicted octanol–water partition coefficient (Wildman–Crippen LogP) is 2.82. The van der Waals surface area contributed by atoms with Gasteiger partial charge in [-0.15, -0.1) is 0 Å². The Kier molecular flexibility index (Phi) is 5.97. The van der Waals surface area contributed by atoms with Crippen LogP contribution in [-0.4, -0.2) is 44.6 Å². The Labute approximate surface area is 174 Å². The highest BCUT2D eigenvalue weighted by Crippen LogP contribution is 2.29. The van der Waals surface area contributed by atoms with Gasteiger partial charge in [0.15, 0.2) is 5.69 Å². The normalized spacial score (nSPS) is 11.1. The van der Waals surface area contributed by atoms with Crippen molar-refractivity contribution in [1.82, 2.24) is 9.78 Å². The molecule has 2 N–H and O–H groups in total. The number of benzene rings is 2. The van der Waals surface area contributed by atoms with Gasteiger partial charge in [-0.25, -0.2) is 13.1 Å². The molecule has 1 heterocycles. The second-order valence-corrected chi connectivity index (χ2v) is 8.31. The standard InChI is InChI=1S/C20H22N4O5S/c1-13-5-8-18(28-2)17(11-13)24-10-9-16(22-24)20(25)21-14-6-7-15(19(12-14)29-3)23-30(4,26)27/h5-12,23H,1-4H3,(H,21,25). The maximum atomic E-state index is 12.6. The third-order valence-electron chi connectivity index (χ3n) is 4.16. The first-order valence-corrected chi connectivity index (χ1v) is 10.8. The number of sulfonamides is 1. The maximum Gasteiger partial charge on any atom is 0.276 e. The van der Waals surface area contributed by atoms with Crippen LogP contribution in [0.2, 0.25) is 0 Å². The fourth-order valence-corrected chi connectivity index (χ4v) is 3.37. The summed E-state index contributed by atoms with van der Waals surface area (Å²) in [7, 11) is -0.483. The Bertz CT molecular complexity index is 1190. The summed E-state index contributed by atoms with van der Waals surface area (Å²) in [6, 6.07) is 11.9. The van der Waals surface area contributed by atoms with Crippen molar-refractivity contribution >= 4 is 27.3 Å². The van der Waals surface area contributed by atoms with E-state index >= 15 is 0 Å². The summed E-state index contributed by atoms with van der Waals surface area (Å²) in [5.41, 5.74) is 2.65. The number of rotatable bonds is 7. The van der Waals surface area contributed by atoms with Gasteiger partial charge in [-0.2, -0.15) is 5.10 Å². The van der Waals surface area contributed by atoms with Crippen LogP contribution < -0.4 is 19.5 Å². The maximum absolute atomic E-state index is 12.6. The van der Waals surface area contributed by atoms with Crippen molar-refractivity contribution in [3.8, 4) is 17.2 Å². The molecule has 1 amide bonds. The molecule has 30 heavy (non-hydrogen) atoms. The minimum absolute atomic E-state index is 0.205. The van der Waals surface area contributed by atoms with Crippen molar-refractivity contribution in [3.63, 3.8) is 0 Å². The number of nitrogens with zero attached hydrogens (tertiary/aromatic N) is 2. The van der Waals surface area contributed by atoms with Gasteiger partial charge in [0.2, 0.25) is 10.0 Å². The topological polar surface area (TPSA) is 112 Å². The Balaban J connectivity index is 1.82. The van der Waals surface area contributed by atoms with Gasteiger partial charge in [-0.3, -0.25) is 9.52 Å². The smallest absolute Gasteiger partial charge is 0.276 e. The second-order valence-electron chi connectivity index (χ2n) is 6.56. The highest BCUT2D eigenvalue weighted by Gasteiger charge is 2.15. The van der Waals surface area contributed by atoms with E-state index in [2.05, 4.69) is 15.1 Å². The molecule has 0 aliphatic rings. The number of aromatic nitrogens is 2. The molecule has 0 atom stereocenters. The molecule has 0 aliphatic carbocycles. The van der Waals surface area contributed by atoms with Crippen LogP contribution in [0, 0.1) is 6.92 Å². The number of anilines is 2. The number of hydrogen-bond donors (Lipinski definition) is 2. The average molecular weight is 430 g/mol. The highest BCUT2D eigenvalue weighted by atomic mass is 32.2. The number of aryl methyl sites for hydroxylation is 1. The van der Waals surface area contributed by atoms with E-state index in [4.69, 9.17) is 9.47 Å². The van der Waals surface area contributed by atoms with Gasteiger partial charge < -0.3 is 14.8 Å². The van der Waals surface area contributed by atoms with E-state index in [-0.39, 0.29) is 17.1 Å². The minimum Gasteiger partial charge on any atom is -0.494 e. The number of hydrogen-bond acceptors (Lipinski definition) is 6. The van der Waals surface area contributed by atoms with E-state index in [1.165, 1.54) is 19.2 Å². The molecule has 10 heteroatoms. The number of methoxy groups -OCH3 is 2. The zero-order valence-corrected chi connectivity index (χ0v) is 17.8. The number of carbonyl (C=O) groups excluding carboxylic acids is 1. The summed E-state index contributed by atoms with van der Waals surface area (Å²) in [5.74, 6) is 0.480. The SMILES string of the molecule is COc1cc(NC(=O)c2ccn(-c3cc(C)ccc3OC)n2)ccc1NS(C)(=O)=O. The molecule has 0 bridgehead atoms. The predicted molar refractivity (Wildman–Crippen MR) is 114 cm³/mol. The Morgan fingerprint density at radius 3 is 2.43 bits per heavy atom. The largest absolute Gasteiger partial charge is 0.494 e. The quantitative estimate of drug-likeness (QED) is 0.596. The van der Waals surface area contributed by atoms with Crippen LogP contribution in [0.1, 0.15) is 16.1 Å². The second kappa shape index (κ2) is 8.46. The first kappa shape index (κ1) is 21.2. The van der Waals surface area contributed by atoms with Crippen molar-refractivity contribution in [3.05, 3.63) is 59.9 Å². The van der Waals surface area contributed by atoms with Crippen LogP contribution in [-0.2, 0) is 10.0 Å². The first-order chi connectivity index (χ1) is 14.2. The molecule has 158 valence electrons. The Morgan fingerprint density at radius 2 is 1.77 bits per heavy atom. The molecule has 0 radical (unpaired) electrons. The summed E-state index contributed by atoms with van der Waals surface area (Å²) in [4.78, 5) is 12.6. The van der Waals surface area contributed by atoms with Crippen molar-refractivity contribution < 1.29 is 22.7 Å². The highest BCUT2D eigenvalue weighted by molar-refractivity contribution is 7.92. The third kappa shape index (κ3) is 4.90. The van der Waals surface area contributed by atoms with Gasteiger partial charge in [0.1, 0.15) is 17.2 Å². The molecule has 9 nitrogen and oxygen atoms in total. The van der Waals surface area contributed by atoms with E-state index in [1.54, 1.807) is 30.1 Å². The summed E-state index contributed by atoms with van der Waals surface area (Å²) in [6.07, 6.45) is 2.72. The average Bonchev–Trinajstić information content (AvgIpc) is 3.18. The fraction of sp³-hybridized carbons (Fsp3) is 0.200. The zero-order valence-electron chi connectivity index (χ0n) is 17.0. The van der Waals surface area contributed by atoms with Gasteiger partial charge >= 0.3 is 0 Å². The lowest BCUT2D eigenvalue weighted by Crippen LogP contribution is -2.14. The van der Waals surface area contributed by atoms with Crippen LogP contribution >= 0.6 is 0 Å². The zero-order chi connectivity index (χ0) is 21.9. The van der Waals surface area contributed by atoms with Crippen LogP contribution in [0.3, 0.4) is 0 Å². The minimum atomic E-state index is -3.46. The molecule has 0 saturated heterocycles. The first-order valence-electron chi connectivity index (χ1n) is 8.88. The molecule has 0 saturated carbocycles. The van der Waals surface area contributed by atoms with Gasteiger partial charge in [0.25, 0.3) is 5.91 Å². The van der Waals surface area contributed by atoms with E-state index < -0.39 is 15.9 Å². The van der Waals surface area contributed by atoms with Crippen molar-refractivity contribution in [2.75, 3.05) is 30.5 Å². The number of amides is 1. The van der Waals surface area contributed by atoms with Gasteiger partial charge in [-0.05, 0) is 42.8 Å². The van der Waals surface area contributed by atoms with E-state index in [0.29, 0.717) is 11.4 Å². The molecule has 0 fully saturated rings. The molecule has 2 aromatic carbocycles. The molecular formula is C20H22N4O5S. The van der Waals surface area contributed by atoms with E-state index in [0.717, 1.165) is 17.5 Å². The van der Waals surface area contributed by atoms with Crippen molar-refractivity contribution in [2.24, 2.45) is 0 Å². The summed E-state index contributed by atoms with van der Waals surface area (Å²) >= 11 is 0. The molecular weight excluding hydrogens is 408 g/mol. The number of nitrogens with one attached hydrogen (secondary N) is 2. The van der Waals surface area contributed by atoms with E-state index in [1.807, 2.05) is 25.1 Å². The lowest BCUT2D eigenvalue weighted by Gasteiger charge is -2.12. The molecule has 0 aliphatic heterocycles. The van der Waals surface area contributed by atoms with E-state index in [9.17, 15) is 13.2 Å². The lowest BCUT2D eigenvalue weighted by molar-refractivity contribution is 0.102. The van der Waals surface area contributed by atoms with Crippen LogP contribution in [0.5, 0.6) is 11.5 Å². The number of ether oxygens (including phenoxy) is 2. The summed E-state index contributed by atoms with van der Waals surface area (Å²) < 4.78 is 37.4. The third-order valence-corrected chi connectivity index (χ3v) is 4.75. The molecule has 3 rings (SSSR count). The monoisotopic (exact) mass is 430 g/mol. The summed E-state index contributed by atoms with van der Waals surface area (Å²) in [5, 5.41) is 7.06. The van der Waals surface area contributed by atoms with Crippen molar-refractivity contribution in [2.45, 2.75) is 6.92 Å². The molecule has 1 aromatic heterocycles. The van der Waals surface area contributed by atoms with Crippen LogP contribution in [0.15, 0.2) is 48.7 Å². The fourth-order valence-electron chi connectivity index (χ4n) is 2.81. The molecule has 0 spiro atoms. The van der Waals surface area contributed by atoms with Gasteiger partial charge in [0, 0.05) is 18.0 Å². The van der Waals surface area contributed by atoms with Crippen LogP contribution in [0.25, 0.3) is 5.69 Å².